The summed E-state index contributed by atoms with van der Waals surface area (Å²) in [6, 6.07) is 11.2. The number of carbonyl (C=O) groups excluding carboxylic acids is 1. The van der Waals surface area contributed by atoms with Crippen LogP contribution < -0.4 is 14.4 Å². The second-order valence-electron chi connectivity index (χ2n) is 5.68. The Morgan fingerprint density at radius 3 is 2.56 bits per heavy atom. The normalized spacial score (nSPS) is 16.8. The SMILES string of the molecule is CNC(=O)[C@H]1CN(S(=O)(=O)c2ccc(C)cc2)c2cc(Cl)ccc2O1. The molecule has 8 heteroatoms. The van der Waals surface area contributed by atoms with Crippen LogP contribution in [0.1, 0.15) is 5.56 Å². The number of nitrogens with one attached hydrogen (secondary N) is 1. The summed E-state index contributed by atoms with van der Waals surface area (Å²) in [4.78, 5) is 12.2. The number of hydrogen-bond acceptors (Lipinski definition) is 4. The highest BCUT2D eigenvalue weighted by molar-refractivity contribution is 7.92. The number of amides is 1. The van der Waals surface area contributed by atoms with Gasteiger partial charge in [0, 0.05) is 12.1 Å². The van der Waals surface area contributed by atoms with Crippen LogP contribution in [0, 0.1) is 6.92 Å². The number of nitrogens with zero attached hydrogens (tertiary/aromatic N) is 1. The van der Waals surface area contributed by atoms with E-state index in [0.29, 0.717) is 16.5 Å². The molecular weight excluding hydrogens is 364 g/mol. The molecule has 1 aliphatic rings. The van der Waals surface area contributed by atoms with E-state index in [4.69, 9.17) is 16.3 Å². The third kappa shape index (κ3) is 3.29. The van der Waals surface area contributed by atoms with Crippen LogP contribution in [0.4, 0.5) is 5.69 Å². The maximum Gasteiger partial charge on any atom is 0.264 e. The molecule has 132 valence electrons. The number of halogens is 1. The van der Waals surface area contributed by atoms with Gasteiger partial charge in [-0.25, -0.2) is 8.42 Å². The Bertz CT molecular complexity index is 913. The third-order valence-corrected chi connectivity index (χ3v) is 5.97. The number of carbonyl (C=O) groups is 1. The van der Waals surface area contributed by atoms with E-state index < -0.39 is 22.0 Å². The fourth-order valence-corrected chi connectivity index (χ4v) is 4.22. The van der Waals surface area contributed by atoms with Crippen LogP contribution in [-0.4, -0.2) is 34.0 Å². The smallest absolute Gasteiger partial charge is 0.264 e. The zero-order valence-electron chi connectivity index (χ0n) is 13.7. The Morgan fingerprint density at radius 1 is 1.24 bits per heavy atom. The molecular formula is C17H17ClN2O4S. The van der Waals surface area contributed by atoms with Crippen molar-refractivity contribution in [2.75, 3.05) is 17.9 Å². The highest BCUT2D eigenvalue weighted by Crippen LogP contribution is 2.38. The third-order valence-electron chi connectivity index (χ3n) is 3.94. The van der Waals surface area contributed by atoms with Crippen molar-refractivity contribution in [2.24, 2.45) is 0 Å². The quantitative estimate of drug-likeness (QED) is 0.886. The van der Waals surface area contributed by atoms with Crippen molar-refractivity contribution in [3.05, 3.63) is 53.1 Å². The van der Waals surface area contributed by atoms with E-state index in [1.54, 1.807) is 36.4 Å². The summed E-state index contributed by atoms with van der Waals surface area (Å²) in [6.07, 6.45) is -0.945. The molecule has 0 unspecified atom stereocenters. The van der Waals surface area contributed by atoms with Gasteiger partial charge in [0.15, 0.2) is 6.10 Å². The summed E-state index contributed by atoms with van der Waals surface area (Å²) >= 11 is 6.03. The number of rotatable bonds is 3. The molecule has 6 nitrogen and oxygen atoms in total. The molecule has 0 bridgehead atoms. The topological polar surface area (TPSA) is 75.7 Å². The number of ether oxygens (including phenoxy) is 1. The Balaban J connectivity index is 2.11. The molecule has 0 aromatic heterocycles. The summed E-state index contributed by atoms with van der Waals surface area (Å²) in [5.74, 6) is -0.107. The summed E-state index contributed by atoms with van der Waals surface area (Å²) < 4.78 is 33.1. The Morgan fingerprint density at radius 2 is 1.92 bits per heavy atom. The first-order valence-electron chi connectivity index (χ1n) is 7.60. The van der Waals surface area contributed by atoms with Crippen molar-refractivity contribution < 1.29 is 17.9 Å². The molecule has 0 fully saturated rings. The Hall–Kier alpha value is -2.25. The van der Waals surface area contributed by atoms with Crippen molar-refractivity contribution in [2.45, 2.75) is 17.9 Å². The van der Waals surface area contributed by atoms with Gasteiger partial charge < -0.3 is 10.1 Å². The Kier molecular flexibility index (Phi) is 4.62. The van der Waals surface area contributed by atoms with Crippen LogP contribution in [0.2, 0.25) is 5.02 Å². The molecule has 2 aromatic carbocycles. The van der Waals surface area contributed by atoms with Crippen LogP contribution in [0.15, 0.2) is 47.4 Å². The maximum absolute atomic E-state index is 13.1. The van der Waals surface area contributed by atoms with Crippen LogP contribution in [0.5, 0.6) is 5.75 Å². The predicted molar refractivity (Wildman–Crippen MR) is 95.6 cm³/mol. The molecule has 0 saturated heterocycles. The van der Waals surface area contributed by atoms with Crippen LogP contribution in [-0.2, 0) is 14.8 Å². The van der Waals surface area contributed by atoms with E-state index in [9.17, 15) is 13.2 Å². The van der Waals surface area contributed by atoms with E-state index in [1.165, 1.54) is 17.4 Å². The van der Waals surface area contributed by atoms with Gasteiger partial charge in [-0.3, -0.25) is 9.10 Å². The minimum atomic E-state index is -3.87. The first kappa shape index (κ1) is 17.6. The minimum absolute atomic E-state index is 0.136. The first-order chi connectivity index (χ1) is 11.8. The zero-order chi connectivity index (χ0) is 18.2. The van der Waals surface area contributed by atoms with Crippen LogP contribution in [0.3, 0.4) is 0 Å². The molecule has 0 aliphatic carbocycles. The second-order valence-corrected chi connectivity index (χ2v) is 7.98. The molecule has 1 N–H and O–H groups in total. The van der Waals surface area contributed by atoms with Gasteiger partial charge in [-0.15, -0.1) is 0 Å². The van der Waals surface area contributed by atoms with Gasteiger partial charge in [-0.1, -0.05) is 29.3 Å². The lowest BCUT2D eigenvalue weighted by Crippen LogP contribution is -2.50. The lowest BCUT2D eigenvalue weighted by atomic mass is 10.2. The predicted octanol–water partition coefficient (Wildman–Crippen LogP) is 2.35. The molecule has 1 aliphatic heterocycles. The fraction of sp³-hybridized carbons (Fsp3) is 0.235. The molecule has 1 atom stereocenters. The van der Waals surface area contributed by atoms with Gasteiger partial charge in [0.2, 0.25) is 0 Å². The Labute approximate surface area is 151 Å². The number of likely N-dealkylation sites (N-methyl/N-ethyl adjacent to an activating group) is 1. The van der Waals surface area contributed by atoms with Gasteiger partial charge in [0.05, 0.1) is 17.1 Å². The lowest BCUT2D eigenvalue weighted by molar-refractivity contribution is -0.127. The lowest BCUT2D eigenvalue weighted by Gasteiger charge is -2.34. The van der Waals surface area contributed by atoms with Crippen molar-refractivity contribution in [1.29, 1.82) is 0 Å². The number of aryl methyl sites for hydroxylation is 1. The zero-order valence-corrected chi connectivity index (χ0v) is 15.3. The number of anilines is 1. The van der Waals surface area contributed by atoms with E-state index in [1.807, 2.05) is 6.92 Å². The van der Waals surface area contributed by atoms with E-state index in [2.05, 4.69) is 5.32 Å². The summed E-state index contributed by atoms with van der Waals surface area (Å²) in [7, 11) is -2.39. The highest BCUT2D eigenvalue weighted by Gasteiger charge is 2.37. The molecule has 1 amide bonds. The molecule has 25 heavy (non-hydrogen) atoms. The molecule has 1 heterocycles. The van der Waals surface area contributed by atoms with Gasteiger partial charge in [0.1, 0.15) is 5.75 Å². The number of hydrogen-bond donors (Lipinski definition) is 1. The molecule has 0 radical (unpaired) electrons. The summed E-state index contributed by atoms with van der Waals surface area (Å²) in [5, 5.41) is 2.86. The van der Waals surface area contributed by atoms with Crippen molar-refractivity contribution >= 4 is 33.2 Å². The van der Waals surface area contributed by atoms with Crippen molar-refractivity contribution in [1.82, 2.24) is 5.32 Å². The molecule has 0 spiro atoms. The number of fused-ring (bicyclic) bond motifs is 1. The standard InChI is InChI=1S/C17H17ClN2O4S/c1-11-3-6-13(7-4-11)25(22,23)20-10-16(17(21)19-2)24-15-8-5-12(18)9-14(15)20/h3-9,16H,10H2,1-2H3,(H,19,21)/t16-/m1/s1. The highest BCUT2D eigenvalue weighted by atomic mass is 35.5. The molecule has 0 saturated carbocycles. The molecule has 3 rings (SSSR count). The van der Waals surface area contributed by atoms with Gasteiger partial charge in [-0.2, -0.15) is 0 Å². The first-order valence-corrected chi connectivity index (χ1v) is 9.42. The van der Waals surface area contributed by atoms with Crippen LogP contribution in [0.25, 0.3) is 0 Å². The average molecular weight is 381 g/mol. The largest absolute Gasteiger partial charge is 0.476 e. The van der Waals surface area contributed by atoms with Crippen LogP contribution >= 0.6 is 11.6 Å². The fourth-order valence-electron chi connectivity index (χ4n) is 2.59. The van der Waals surface area contributed by atoms with E-state index in [-0.39, 0.29) is 11.4 Å². The van der Waals surface area contributed by atoms with Crippen molar-refractivity contribution in [3.8, 4) is 5.75 Å². The van der Waals surface area contributed by atoms with Gasteiger partial charge >= 0.3 is 0 Å². The minimum Gasteiger partial charge on any atom is -0.476 e. The van der Waals surface area contributed by atoms with Crippen molar-refractivity contribution in [3.63, 3.8) is 0 Å². The number of sulfonamides is 1. The number of benzene rings is 2. The summed E-state index contributed by atoms with van der Waals surface area (Å²) in [6.45, 7) is 1.74. The average Bonchev–Trinajstić information content (AvgIpc) is 2.60. The van der Waals surface area contributed by atoms with Gasteiger partial charge in [0.25, 0.3) is 15.9 Å². The summed E-state index contributed by atoms with van der Waals surface area (Å²) in [5.41, 5.74) is 1.26. The monoisotopic (exact) mass is 380 g/mol. The van der Waals surface area contributed by atoms with E-state index >= 15 is 0 Å². The van der Waals surface area contributed by atoms with E-state index in [0.717, 1.165) is 5.56 Å². The van der Waals surface area contributed by atoms with Gasteiger partial charge in [-0.05, 0) is 37.3 Å². The second kappa shape index (κ2) is 6.57. The molecule has 2 aromatic rings. The maximum atomic E-state index is 13.1.